The highest BCUT2D eigenvalue weighted by atomic mass is 32.1. The minimum atomic E-state index is -0.408. The van der Waals surface area contributed by atoms with Gasteiger partial charge in [-0.15, -0.1) is 12.6 Å². The third-order valence-corrected chi connectivity index (χ3v) is 2.31. The molecule has 1 rings (SSSR count). The molecule has 0 N–H and O–H groups in total. The van der Waals surface area contributed by atoms with Crippen LogP contribution in [0.25, 0.3) is 0 Å². The molecule has 0 saturated heterocycles. The quantitative estimate of drug-likeness (QED) is 0.646. The summed E-state index contributed by atoms with van der Waals surface area (Å²) in [5.74, 6) is -0.396. The molecular weight excluding hydrogens is 224 g/mol. The van der Waals surface area contributed by atoms with Crippen molar-refractivity contribution in [3.63, 3.8) is 0 Å². The predicted octanol–water partition coefficient (Wildman–Crippen LogP) is 2.28. The van der Waals surface area contributed by atoms with Crippen LogP contribution in [0, 0.1) is 0 Å². The van der Waals surface area contributed by atoms with E-state index in [-0.39, 0.29) is 12.2 Å². The molecule has 1 aromatic rings. The van der Waals surface area contributed by atoms with E-state index in [2.05, 4.69) is 12.6 Å². The molecular formula is C12H14O3S. The lowest BCUT2D eigenvalue weighted by molar-refractivity contribution is -0.116. The van der Waals surface area contributed by atoms with E-state index in [9.17, 15) is 9.59 Å². The Kier molecular flexibility index (Phi) is 4.55. The molecule has 3 nitrogen and oxygen atoms in total. The zero-order chi connectivity index (χ0) is 12.1. The fourth-order valence-electron chi connectivity index (χ4n) is 1.39. The summed E-state index contributed by atoms with van der Waals surface area (Å²) in [5, 5.41) is 0. The van der Waals surface area contributed by atoms with Gasteiger partial charge in [0.1, 0.15) is 5.78 Å². The molecule has 0 radical (unpaired) electrons. The van der Waals surface area contributed by atoms with Crippen molar-refractivity contribution in [2.75, 3.05) is 6.61 Å². The summed E-state index contributed by atoms with van der Waals surface area (Å²) in [6.45, 7) is 3.55. The monoisotopic (exact) mass is 238 g/mol. The van der Waals surface area contributed by atoms with Gasteiger partial charge in [-0.3, -0.25) is 4.79 Å². The molecule has 0 aliphatic rings. The lowest BCUT2D eigenvalue weighted by Crippen LogP contribution is -2.10. The fraction of sp³-hybridized carbons (Fsp3) is 0.333. The maximum absolute atomic E-state index is 11.6. The van der Waals surface area contributed by atoms with E-state index in [1.807, 2.05) is 0 Å². The summed E-state index contributed by atoms with van der Waals surface area (Å²) in [4.78, 5) is 23.4. The van der Waals surface area contributed by atoms with E-state index in [0.29, 0.717) is 22.6 Å². The van der Waals surface area contributed by atoms with E-state index < -0.39 is 5.97 Å². The second-order valence-corrected chi connectivity index (χ2v) is 3.96. The first kappa shape index (κ1) is 12.8. The minimum absolute atomic E-state index is 0.0115. The average molecular weight is 238 g/mol. The van der Waals surface area contributed by atoms with E-state index in [1.165, 1.54) is 6.92 Å². The number of carbonyl (C=O) groups is 2. The highest BCUT2D eigenvalue weighted by molar-refractivity contribution is 7.80. The summed E-state index contributed by atoms with van der Waals surface area (Å²) >= 11 is 4.16. The molecule has 4 heteroatoms. The lowest BCUT2D eigenvalue weighted by atomic mass is 10.0. The predicted molar refractivity (Wildman–Crippen MR) is 64.0 cm³/mol. The lowest BCUT2D eigenvalue weighted by Gasteiger charge is -2.08. The Bertz CT molecular complexity index is 413. The number of ether oxygens (including phenoxy) is 1. The molecule has 0 atom stereocenters. The summed E-state index contributed by atoms with van der Waals surface area (Å²) in [7, 11) is 0. The van der Waals surface area contributed by atoms with Gasteiger partial charge in [0.2, 0.25) is 0 Å². The smallest absolute Gasteiger partial charge is 0.338 e. The van der Waals surface area contributed by atoms with Crippen LogP contribution >= 0.6 is 12.6 Å². The van der Waals surface area contributed by atoms with Crippen molar-refractivity contribution in [3.8, 4) is 0 Å². The molecule has 0 aromatic heterocycles. The van der Waals surface area contributed by atoms with Crippen LogP contribution < -0.4 is 0 Å². The molecule has 86 valence electrons. The maximum Gasteiger partial charge on any atom is 0.338 e. The molecule has 16 heavy (non-hydrogen) atoms. The fourth-order valence-corrected chi connectivity index (χ4v) is 1.59. The van der Waals surface area contributed by atoms with Gasteiger partial charge < -0.3 is 4.74 Å². The molecule has 0 fully saturated rings. The van der Waals surface area contributed by atoms with Gasteiger partial charge in [0.05, 0.1) is 12.2 Å². The van der Waals surface area contributed by atoms with Crippen molar-refractivity contribution in [1.29, 1.82) is 0 Å². The van der Waals surface area contributed by atoms with Crippen LogP contribution in [-0.2, 0) is 16.0 Å². The van der Waals surface area contributed by atoms with Crippen molar-refractivity contribution in [1.82, 2.24) is 0 Å². The topological polar surface area (TPSA) is 43.4 Å². The van der Waals surface area contributed by atoms with Gasteiger partial charge >= 0.3 is 5.97 Å². The molecule has 0 amide bonds. The van der Waals surface area contributed by atoms with E-state index >= 15 is 0 Å². The molecule has 1 aromatic carbocycles. The molecule has 0 bridgehead atoms. The second-order valence-electron chi connectivity index (χ2n) is 3.44. The average Bonchev–Trinajstić information content (AvgIpc) is 2.20. The summed E-state index contributed by atoms with van der Waals surface area (Å²) in [5.41, 5.74) is 1.10. The second kappa shape index (κ2) is 5.70. The van der Waals surface area contributed by atoms with Crippen LogP contribution in [0.15, 0.2) is 23.1 Å². The van der Waals surface area contributed by atoms with Crippen molar-refractivity contribution >= 4 is 24.4 Å². The third-order valence-electron chi connectivity index (χ3n) is 2.03. The normalized spacial score (nSPS) is 9.94. The Morgan fingerprint density at radius 2 is 2.06 bits per heavy atom. The van der Waals surface area contributed by atoms with Crippen LogP contribution in [0.5, 0.6) is 0 Å². The molecule has 0 unspecified atom stereocenters. The highest BCUT2D eigenvalue weighted by Crippen LogP contribution is 2.17. The Hall–Kier alpha value is -1.29. The number of benzene rings is 1. The molecule has 0 spiro atoms. The largest absolute Gasteiger partial charge is 0.462 e. The Morgan fingerprint density at radius 1 is 1.38 bits per heavy atom. The van der Waals surface area contributed by atoms with Gasteiger partial charge in [0.15, 0.2) is 0 Å². The number of esters is 1. The van der Waals surface area contributed by atoms with Gasteiger partial charge in [-0.2, -0.15) is 0 Å². The number of hydrogen-bond donors (Lipinski definition) is 1. The molecule has 0 saturated carbocycles. The van der Waals surface area contributed by atoms with E-state index in [1.54, 1.807) is 25.1 Å². The standard InChI is InChI=1S/C12H14O3S/c1-3-15-12(14)11-7-10(16)5-4-9(11)6-8(2)13/h4-5,7,16H,3,6H2,1-2H3. The van der Waals surface area contributed by atoms with E-state index in [0.717, 1.165) is 0 Å². The van der Waals surface area contributed by atoms with Crippen LogP contribution in [0.2, 0.25) is 0 Å². The van der Waals surface area contributed by atoms with Crippen LogP contribution in [0.4, 0.5) is 0 Å². The third kappa shape index (κ3) is 3.38. The van der Waals surface area contributed by atoms with Gasteiger partial charge in [0, 0.05) is 11.3 Å². The number of hydrogen-bond acceptors (Lipinski definition) is 4. The van der Waals surface area contributed by atoms with Gasteiger partial charge in [-0.1, -0.05) is 6.07 Å². The minimum Gasteiger partial charge on any atom is -0.462 e. The first-order valence-corrected chi connectivity index (χ1v) is 5.47. The molecule has 0 aliphatic heterocycles. The van der Waals surface area contributed by atoms with Crippen molar-refractivity contribution in [2.24, 2.45) is 0 Å². The zero-order valence-corrected chi connectivity index (χ0v) is 10.2. The van der Waals surface area contributed by atoms with Crippen molar-refractivity contribution < 1.29 is 14.3 Å². The Balaban J connectivity index is 3.07. The number of carbonyl (C=O) groups excluding carboxylic acids is 2. The number of thiol groups is 1. The van der Waals surface area contributed by atoms with Gasteiger partial charge in [0.25, 0.3) is 0 Å². The number of rotatable bonds is 4. The summed E-state index contributed by atoms with van der Waals surface area (Å²) in [6, 6.07) is 5.11. The zero-order valence-electron chi connectivity index (χ0n) is 9.32. The molecule has 0 aliphatic carbocycles. The maximum atomic E-state index is 11.6. The first-order valence-electron chi connectivity index (χ1n) is 5.03. The first-order chi connectivity index (χ1) is 7.54. The summed E-state index contributed by atoms with van der Waals surface area (Å²) in [6.07, 6.45) is 0.238. The Morgan fingerprint density at radius 3 is 2.62 bits per heavy atom. The summed E-state index contributed by atoms with van der Waals surface area (Å²) < 4.78 is 4.92. The highest BCUT2D eigenvalue weighted by Gasteiger charge is 2.13. The Labute approximate surface area is 100 Å². The van der Waals surface area contributed by atoms with Gasteiger partial charge in [-0.25, -0.2) is 4.79 Å². The van der Waals surface area contributed by atoms with Crippen LogP contribution in [0.1, 0.15) is 29.8 Å². The van der Waals surface area contributed by atoms with Crippen molar-refractivity contribution in [2.45, 2.75) is 25.2 Å². The number of ketones is 1. The van der Waals surface area contributed by atoms with Crippen LogP contribution in [-0.4, -0.2) is 18.4 Å². The number of Topliss-reactive ketones (excluding diaryl/α,β-unsaturated/α-hetero) is 1. The molecule has 0 heterocycles. The van der Waals surface area contributed by atoms with Gasteiger partial charge in [-0.05, 0) is 31.5 Å². The SMILES string of the molecule is CCOC(=O)c1cc(S)ccc1CC(C)=O. The van der Waals surface area contributed by atoms with Crippen LogP contribution in [0.3, 0.4) is 0 Å². The van der Waals surface area contributed by atoms with Crippen molar-refractivity contribution in [3.05, 3.63) is 29.3 Å². The van der Waals surface area contributed by atoms with E-state index in [4.69, 9.17) is 4.74 Å².